The third-order valence-corrected chi connectivity index (χ3v) is 5.75. The Morgan fingerprint density at radius 3 is 2.69 bits per heavy atom. The quantitative estimate of drug-likeness (QED) is 0.593. The van der Waals surface area contributed by atoms with E-state index < -0.39 is 16.9 Å². The van der Waals surface area contributed by atoms with Crippen LogP contribution in [-0.4, -0.2) is 27.4 Å². The molecule has 1 aromatic carbocycles. The molecule has 0 amide bonds. The van der Waals surface area contributed by atoms with Gasteiger partial charge < -0.3 is 10.1 Å². The number of ketones is 1. The van der Waals surface area contributed by atoms with E-state index in [1.807, 2.05) is 19.1 Å². The summed E-state index contributed by atoms with van der Waals surface area (Å²) in [7, 11) is 0. The van der Waals surface area contributed by atoms with Gasteiger partial charge in [0.05, 0.1) is 11.9 Å². The summed E-state index contributed by atoms with van der Waals surface area (Å²) in [6, 6.07) is 5.46. The number of nitroso groups, excluding NO2 is 1. The number of benzene rings is 1. The van der Waals surface area contributed by atoms with Gasteiger partial charge in [0.15, 0.2) is 11.3 Å². The maximum Gasteiger partial charge on any atom is 0.304 e. The third-order valence-electron chi connectivity index (χ3n) is 5.75. The zero-order valence-corrected chi connectivity index (χ0v) is 15.4. The molecule has 138 valence electrons. The standard InChI is InChI=1S/C20H24N2O4/c1-4-20(11-15(23)24)10-6-9-13-12-7-5-8-14(16(12)21-17(13)20)18(25)19(2,3)22-26/h5,7-8,21H,4,6,9-11H2,1-3H3,(H,23,24). The summed E-state index contributed by atoms with van der Waals surface area (Å²) in [5, 5.41) is 13.3. The van der Waals surface area contributed by atoms with Crippen molar-refractivity contribution in [2.24, 2.45) is 5.18 Å². The first-order chi connectivity index (χ1) is 12.3. The molecule has 6 heteroatoms. The first-order valence-electron chi connectivity index (χ1n) is 9.01. The van der Waals surface area contributed by atoms with Crippen LogP contribution in [0.4, 0.5) is 0 Å². The van der Waals surface area contributed by atoms with E-state index in [9.17, 15) is 19.6 Å². The van der Waals surface area contributed by atoms with Gasteiger partial charge in [-0.15, -0.1) is 4.91 Å². The molecule has 1 aliphatic carbocycles. The van der Waals surface area contributed by atoms with Crippen LogP contribution in [0, 0.1) is 4.91 Å². The molecule has 2 N–H and O–H groups in total. The topological polar surface area (TPSA) is 99.6 Å². The summed E-state index contributed by atoms with van der Waals surface area (Å²) in [4.78, 5) is 38.8. The van der Waals surface area contributed by atoms with Gasteiger partial charge in [-0.25, -0.2) is 0 Å². The second kappa shape index (κ2) is 6.34. The summed E-state index contributed by atoms with van der Waals surface area (Å²) in [6.07, 6.45) is 3.35. The maximum atomic E-state index is 12.8. The molecule has 0 saturated carbocycles. The van der Waals surface area contributed by atoms with Gasteiger partial charge in [0.25, 0.3) is 0 Å². The molecular formula is C20H24N2O4. The van der Waals surface area contributed by atoms with E-state index in [4.69, 9.17) is 0 Å². The molecule has 0 aliphatic heterocycles. The minimum atomic E-state index is -1.34. The Hall–Kier alpha value is -2.50. The summed E-state index contributed by atoms with van der Waals surface area (Å²) in [6.45, 7) is 5.02. The molecule has 1 heterocycles. The van der Waals surface area contributed by atoms with Gasteiger partial charge in [0.2, 0.25) is 0 Å². The van der Waals surface area contributed by atoms with Gasteiger partial charge >= 0.3 is 5.97 Å². The number of para-hydroxylation sites is 1. The molecule has 2 aromatic rings. The lowest BCUT2D eigenvalue weighted by molar-refractivity contribution is -0.138. The van der Waals surface area contributed by atoms with E-state index in [0.29, 0.717) is 17.5 Å². The van der Waals surface area contributed by atoms with Crippen molar-refractivity contribution in [1.29, 1.82) is 0 Å². The van der Waals surface area contributed by atoms with Crippen LogP contribution in [0.25, 0.3) is 10.9 Å². The largest absolute Gasteiger partial charge is 0.481 e. The van der Waals surface area contributed by atoms with Gasteiger partial charge in [0, 0.05) is 22.1 Å². The van der Waals surface area contributed by atoms with Gasteiger partial charge in [-0.3, -0.25) is 9.59 Å². The SMILES string of the molecule is CCC1(CC(=O)O)CCCc2c1[nH]c1c(C(=O)C(C)(C)N=O)cccc21. The highest BCUT2D eigenvalue weighted by atomic mass is 16.4. The van der Waals surface area contributed by atoms with Crippen molar-refractivity contribution >= 4 is 22.7 Å². The fourth-order valence-corrected chi connectivity index (χ4v) is 4.22. The molecule has 1 aliphatic rings. The number of carbonyl (C=O) groups excluding carboxylic acids is 1. The van der Waals surface area contributed by atoms with Gasteiger partial charge in [-0.2, -0.15) is 0 Å². The lowest BCUT2D eigenvalue weighted by Crippen LogP contribution is -2.33. The van der Waals surface area contributed by atoms with Crippen LogP contribution < -0.4 is 0 Å². The van der Waals surface area contributed by atoms with E-state index in [1.165, 1.54) is 13.8 Å². The maximum absolute atomic E-state index is 12.8. The first-order valence-corrected chi connectivity index (χ1v) is 9.01. The Bertz CT molecular complexity index is 897. The molecule has 1 aromatic heterocycles. The second-order valence-electron chi connectivity index (χ2n) is 7.74. The van der Waals surface area contributed by atoms with E-state index in [1.54, 1.807) is 6.07 Å². The van der Waals surface area contributed by atoms with Gasteiger partial charge in [-0.1, -0.05) is 24.2 Å². The molecule has 0 saturated heterocycles. The molecule has 0 radical (unpaired) electrons. The van der Waals surface area contributed by atoms with Crippen molar-refractivity contribution in [3.8, 4) is 0 Å². The number of aryl methyl sites for hydroxylation is 1. The number of carboxylic acids is 1. The Morgan fingerprint density at radius 2 is 2.08 bits per heavy atom. The predicted octanol–water partition coefficient (Wildman–Crippen LogP) is 4.35. The smallest absolute Gasteiger partial charge is 0.304 e. The van der Waals surface area contributed by atoms with Crippen molar-refractivity contribution in [3.05, 3.63) is 39.9 Å². The number of carbonyl (C=O) groups is 2. The van der Waals surface area contributed by atoms with Crippen LogP contribution in [0.2, 0.25) is 0 Å². The molecule has 26 heavy (non-hydrogen) atoms. The zero-order chi connectivity index (χ0) is 19.1. The van der Waals surface area contributed by atoms with Gasteiger partial charge in [-0.05, 0) is 51.2 Å². The number of aromatic nitrogens is 1. The van der Waals surface area contributed by atoms with Crippen LogP contribution in [0.3, 0.4) is 0 Å². The van der Waals surface area contributed by atoms with Gasteiger partial charge in [0.1, 0.15) is 0 Å². The number of Topliss-reactive ketones (excluding diaryl/α,β-unsaturated/α-hetero) is 1. The van der Waals surface area contributed by atoms with Crippen molar-refractivity contribution in [1.82, 2.24) is 4.98 Å². The average Bonchev–Trinajstić information content (AvgIpc) is 3.00. The van der Waals surface area contributed by atoms with Crippen molar-refractivity contribution in [2.75, 3.05) is 0 Å². The third kappa shape index (κ3) is 2.73. The van der Waals surface area contributed by atoms with E-state index >= 15 is 0 Å². The first kappa shape index (κ1) is 18.3. The number of fused-ring (bicyclic) bond motifs is 3. The predicted molar refractivity (Wildman–Crippen MR) is 99.7 cm³/mol. The zero-order valence-electron chi connectivity index (χ0n) is 15.4. The molecule has 0 spiro atoms. The number of H-pyrrole nitrogens is 1. The summed E-state index contributed by atoms with van der Waals surface area (Å²) in [5.74, 6) is -1.15. The normalized spacial score (nSPS) is 20.0. The number of aliphatic carboxylic acids is 1. The molecule has 0 bridgehead atoms. The Labute approximate surface area is 152 Å². The highest BCUT2D eigenvalue weighted by Crippen LogP contribution is 2.45. The number of aromatic amines is 1. The van der Waals surface area contributed by atoms with Crippen LogP contribution in [-0.2, 0) is 16.6 Å². The van der Waals surface area contributed by atoms with Crippen molar-refractivity contribution in [3.63, 3.8) is 0 Å². The second-order valence-corrected chi connectivity index (χ2v) is 7.74. The molecular weight excluding hydrogens is 332 g/mol. The van der Waals surface area contributed by atoms with Crippen LogP contribution in [0.15, 0.2) is 23.4 Å². The van der Waals surface area contributed by atoms with E-state index in [0.717, 1.165) is 35.9 Å². The van der Waals surface area contributed by atoms with E-state index in [2.05, 4.69) is 10.2 Å². The number of carboxylic acid groups (broad SMARTS) is 1. The summed E-state index contributed by atoms with van der Waals surface area (Å²) >= 11 is 0. The molecule has 0 fully saturated rings. The van der Waals surface area contributed by atoms with Crippen molar-refractivity contribution < 1.29 is 14.7 Å². The number of hydrogen-bond acceptors (Lipinski definition) is 4. The Kier molecular flexibility index (Phi) is 4.46. The molecule has 3 rings (SSSR count). The minimum Gasteiger partial charge on any atom is -0.481 e. The average molecular weight is 356 g/mol. The van der Waals surface area contributed by atoms with Crippen molar-refractivity contribution in [2.45, 2.75) is 63.8 Å². The fourth-order valence-electron chi connectivity index (χ4n) is 4.22. The number of nitrogens with one attached hydrogen (secondary N) is 1. The minimum absolute atomic E-state index is 0.0635. The summed E-state index contributed by atoms with van der Waals surface area (Å²) in [5.41, 5.74) is 1.35. The number of rotatable bonds is 6. The molecule has 1 unspecified atom stereocenters. The van der Waals surface area contributed by atoms with Crippen LogP contribution >= 0.6 is 0 Å². The summed E-state index contributed by atoms with van der Waals surface area (Å²) < 4.78 is 0. The Balaban J connectivity index is 2.24. The van der Waals surface area contributed by atoms with Crippen LogP contribution in [0.5, 0.6) is 0 Å². The monoisotopic (exact) mass is 356 g/mol. The highest BCUT2D eigenvalue weighted by Gasteiger charge is 2.40. The Morgan fingerprint density at radius 1 is 1.35 bits per heavy atom. The van der Waals surface area contributed by atoms with Crippen LogP contribution in [0.1, 0.15) is 68.1 Å². The van der Waals surface area contributed by atoms with E-state index in [-0.39, 0.29) is 12.2 Å². The lowest BCUT2D eigenvalue weighted by atomic mass is 9.69. The number of hydrogen-bond donors (Lipinski definition) is 2. The number of nitrogens with zero attached hydrogens (tertiary/aromatic N) is 1. The molecule has 6 nitrogen and oxygen atoms in total. The fraction of sp³-hybridized carbons (Fsp3) is 0.500. The lowest BCUT2D eigenvalue weighted by Gasteiger charge is -2.35. The molecule has 1 atom stereocenters. The highest BCUT2D eigenvalue weighted by molar-refractivity contribution is 6.12.